The number of nitrogens with one attached hydrogen (secondary N) is 1. The van der Waals surface area contributed by atoms with Gasteiger partial charge in [-0.15, -0.1) is 0 Å². The zero-order chi connectivity index (χ0) is 14.8. The van der Waals surface area contributed by atoms with Gasteiger partial charge in [-0.2, -0.15) is 0 Å². The minimum Gasteiger partial charge on any atom is -0.368 e. The minimum absolute atomic E-state index is 0.215. The van der Waals surface area contributed by atoms with Crippen molar-refractivity contribution >= 4 is 5.69 Å². The van der Waals surface area contributed by atoms with Crippen molar-refractivity contribution in [1.82, 2.24) is 5.32 Å². The highest BCUT2D eigenvalue weighted by Crippen LogP contribution is 2.31. The summed E-state index contributed by atoms with van der Waals surface area (Å²) in [5, 5.41) is 3.60. The molecule has 1 aliphatic rings. The second-order valence-electron chi connectivity index (χ2n) is 7.40. The maximum atomic E-state index is 3.60. The smallest absolute Gasteiger partial charge is 0.0401 e. The number of para-hydroxylation sites is 1. The van der Waals surface area contributed by atoms with Crippen molar-refractivity contribution in [2.75, 3.05) is 18.0 Å². The lowest BCUT2D eigenvalue weighted by atomic mass is 9.92. The number of hydrogen-bond acceptors (Lipinski definition) is 2. The van der Waals surface area contributed by atoms with Crippen LogP contribution in [0.1, 0.15) is 46.6 Å². The van der Waals surface area contributed by atoms with Crippen molar-refractivity contribution in [2.45, 2.75) is 59.0 Å². The van der Waals surface area contributed by atoms with Gasteiger partial charge in [-0.3, -0.25) is 0 Å². The maximum Gasteiger partial charge on any atom is 0.0401 e. The lowest BCUT2D eigenvalue weighted by Gasteiger charge is -2.39. The van der Waals surface area contributed by atoms with Crippen LogP contribution in [0.2, 0.25) is 0 Å². The van der Waals surface area contributed by atoms with Crippen molar-refractivity contribution < 1.29 is 0 Å². The van der Waals surface area contributed by atoms with Crippen molar-refractivity contribution in [3.63, 3.8) is 0 Å². The van der Waals surface area contributed by atoms with Crippen molar-refractivity contribution in [3.05, 3.63) is 29.8 Å². The molecule has 2 nitrogen and oxygen atoms in total. The summed E-state index contributed by atoms with van der Waals surface area (Å²) >= 11 is 0. The molecule has 2 atom stereocenters. The summed E-state index contributed by atoms with van der Waals surface area (Å²) in [5.41, 5.74) is 3.18. The Labute approximate surface area is 124 Å². The van der Waals surface area contributed by atoms with Crippen LogP contribution in [0, 0.1) is 5.92 Å². The highest BCUT2D eigenvalue weighted by molar-refractivity contribution is 5.56. The van der Waals surface area contributed by atoms with Gasteiger partial charge in [0.05, 0.1) is 0 Å². The van der Waals surface area contributed by atoms with E-state index in [9.17, 15) is 0 Å². The molecule has 1 aromatic carbocycles. The average molecular weight is 274 g/mol. The van der Waals surface area contributed by atoms with Gasteiger partial charge in [-0.25, -0.2) is 0 Å². The molecule has 0 aliphatic carbocycles. The first-order valence-corrected chi connectivity index (χ1v) is 7.96. The van der Waals surface area contributed by atoms with E-state index >= 15 is 0 Å². The van der Waals surface area contributed by atoms with Crippen LogP contribution in [0.15, 0.2) is 24.3 Å². The number of nitrogens with zero attached hydrogens (tertiary/aromatic N) is 1. The number of fused-ring (bicyclic) bond motifs is 1. The van der Waals surface area contributed by atoms with Gasteiger partial charge < -0.3 is 10.2 Å². The second kappa shape index (κ2) is 6.17. The lowest BCUT2D eigenvalue weighted by Crippen LogP contribution is -2.44. The first kappa shape index (κ1) is 15.4. The molecule has 2 rings (SSSR count). The molecule has 0 saturated heterocycles. The first-order chi connectivity index (χ1) is 9.37. The number of hydrogen-bond donors (Lipinski definition) is 1. The SMILES string of the molecule is CC1Cc2ccccc2N(C(C)CCNC(C)(C)C)C1. The van der Waals surface area contributed by atoms with Gasteiger partial charge >= 0.3 is 0 Å². The quantitative estimate of drug-likeness (QED) is 0.897. The fraction of sp³-hybridized carbons (Fsp3) is 0.667. The van der Waals surface area contributed by atoms with Crippen LogP contribution in [0.4, 0.5) is 5.69 Å². The average Bonchev–Trinajstić information content (AvgIpc) is 2.36. The lowest BCUT2D eigenvalue weighted by molar-refractivity contribution is 0.401. The summed E-state index contributed by atoms with van der Waals surface area (Å²) in [6.45, 7) is 13.7. The standard InChI is InChI=1S/C18H30N2/c1-14-12-16-8-6-7-9-17(16)20(13-14)15(2)10-11-19-18(3,4)5/h6-9,14-15,19H,10-13H2,1-5H3. The summed E-state index contributed by atoms with van der Waals surface area (Å²) < 4.78 is 0. The Hall–Kier alpha value is -1.02. The molecule has 112 valence electrons. The van der Waals surface area contributed by atoms with E-state index in [1.807, 2.05) is 0 Å². The molecule has 1 heterocycles. The Bertz CT molecular complexity index is 433. The van der Waals surface area contributed by atoms with E-state index in [1.54, 1.807) is 0 Å². The fourth-order valence-corrected chi connectivity index (χ4v) is 3.07. The summed E-state index contributed by atoms with van der Waals surface area (Å²) in [6.07, 6.45) is 2.41. The molecular weight excluding hydrogens is 244 g/mol. The van der Waals surface area contributed by atoms with Crippen LogP contribution in [-0.4, -0.2) is 24.7 Å². The third-order valence-electron chi connectivity index (χ3n) is 4.13. The van der Waals surface area contributed by atoms with Gasteiger partial charge in [0.15, 0.2) is 0 Å². The monoisotopic (exact) mass is 274 g/mol. The van der Waals surface area contributed by atoms with Crippen LogP contribution in [0.3, 0.4) is 0 Å². The van der Waals surface area contributed by atoms with Crippen molar-refractivity contribution in [3.8, 4) is 0 Å². The Morgan fingerprint density at radius 1 is 1.30 bits per heavy atom. The predicted octanol–water partition coefficient (Wildman–Crippen LogP) is 3.85. The first-order valence-electron chi connectivity index (χ1n) is 7.96. The van der Waals surface area contributed by atoms with Crippen LogP contribution in [0.5, 0.6) is 0 Å². The van der Waals surface area contributed by atoms with Crippen LogP contribution in [-0.2, 0) is 6.42 Å². The second-order valence-corrected chi connectivity index (χ2v) is 7.40. The number of anilines is 1. The van der Waals surface area contributed by atoms with Crippen LogP contribution < -0.4 is 10.2 Å². The van der Waals surface area contributed by atoms with E-state index in [2.05, 4.69) is 69.1 Å². The third kappa shape index (κ3) is 3.99. The highest BCUT2D eigenvalue weighted by atomic mass is 15.2. The van der Waals surface area contributed by atoms with E-state index in [-0.39, 0.29) is 5.54 Å². The zero-order valence-electron chi connectivity index (χ0n) is 13.7. The summed E-state index contributed by atoms with van der Waals surface area (Å²) in [7, 11) is 0. The number of rotatable bonds is 4. The van der Waals surface area contributed by atoms with Crippen LogP contribution >= 0.6 is 0 Å². The van der Waals surface area contributed by atoms with Gasteiger partial charge in [0.25, 0.3) is 0 Å². The Balaban J connectivity index is 2.01. The van der Waals surface area contributed by atoms with E-state index in [0.717, 1.165) is 12.5 Å². The molecule has 0 amide bonds. The molecule has 20 heavy (non-hydrogen) atoms. The van der Waals surface area contributed by atoms with Gasteiger partial charge in [-0.1, -0.05) is 25.1 Å². The van der Waals surface area contributed by atoms with E-state index in [1.165, 1.54) is 30.6 Å². The minimum atomic E-state index is 0.215. The van der Waals surface area contributed by atoms with Crippen molar-refractivity contribution in [1.29, 1.82) is 0 Å². The molecule has 0 saturated carbocycles. The Morgan fingerprint density at radius 2 is 2.00 bits per heavy atom. The topological polar surface area (TPSA) is 15.3 Å². The molecule has 1 aliphatic heterocycles. The molecule has 1 aromatic rings. The maximum absolute atomic E-state index is 3.60. The van der Waals surface area contributed by atoms with E-state index in [4.69, 9.17) is 0 Å². The van der Waals surface area contributed by atoms with Gasteiger partial charge in [0.1, 0.15) is 0 Å². The Morgan fingerprint density at radius 3 is 2.70 bits per heavy atom. The van der Waals surface area contributed by atoms with Gasteiger partial charge in [0, 0.05) is 23.8 Å². The van der Waals surface area contributed by atoms with E-state index < -0.39 is 0 Å². The van der Waals surface area contributed by atoms with Gasteiger partial charge in [0.2, 0.25) is 0 Å². The van der Waals surface area contributed by atoms with Crippen molar-refractivity contribution in [2.24, 2.45) is 5.92 Å². The Kier molecular flexibility index (Phi) is 4.74. The summed E-state index contributed by atoms with van der Waals surface area (Å²) in [5.74, 6) is 0.753. The molecular formula is C18H30N2. The predicted molar refractivity (Wildman–Crippen MR) is 88.5 cm³/mol. The third-order valence-corrected chi connectivity index (χ3v) is 4.13. The normalized spacial score (nSPS) is 20.6. The van der Waals surface area contributed by atoms with E-state index in [0.29, 0.717) is 6.04 Å². The molecule has 0 aromatic heterocycles. The molecule has 0 spiro atoms. The number of benzene rings is 1. The molecule has 2 heteroatoms. The zero-order valence-corrected chi connectivity index (χ0v) is 13.7. The van der Waals surface area contributed by atoms with Gasteiger partial charge in [-0.05, 0) is 64.6 Å². The largest absolute Gasteiger partial charge is 0.368 e. The molecule has 0 fully saturated rings. The summed E-state index contributed by atoms with van der Waals surface area (Å²) in [4.78, 5) is 2.60. The molecule has 0 radical (unpaired) electrons. The summed E-state index contributed by atoms with van der Waals surface area (Å²) in [6, 6.07) is 9.50. The fourth-order valence-electron chi connectivity index (χ4n) is 3.07. The van der Waals surface area contributed by atoms with Crippen LogP contribution in [0.25, 0.3) is 0 Å². The highest BCUT2D eigenvalue weighted by Gasteiger charge is 2.24. The molecule has 1 N–H and O–H groups in total. The molecule has 2 unspecified atom stereocenters. The molecule has 0 bridgehead atoms.